The number of aromatic hydroxyl groups is 1. The fraction of sp³-hybridized carbons (Fsp3) is 0.161. The van der Waals surface area contributed by atoms with E-state index in [1.807, 2.05) is 36.4 Å². The molecule has 0 aliphatic rings. The molecule has 0 spiro atoms. The Balaban J connectivity index is 1.48. The van der Waals surface area contributed by atoms with Crippen LogP contribution in [0.2, 0.25) is 0 Å². The third kappa shape index (κ3) is 7.51. The zero-order chi connectivity index (χ0) is 28.5. The molecule has 2 atom stereocenters. The molecule has 0 radical (unpaired) electrons. The number of rotatable bonds is 10. The Bertz CT molecular complexity index is 1520. The maximum absolute atomic E-state index is 13.1. The predicted molar refractivity (Wildman–Crippen MR) is 166 cm³/mol. The second-order valence-electron chi connectivity index (χ2n) is 9.01. The van der Waals surface area contributed by atoms with Gasteiger partial charge < -0.3 is 25.6 Å². The maximum atomic E-state index is 13.1. The number of nitrogen functional groups attached to an aromatic ring is 1. The van der Waals surface area contributed by atoms with E-state index in [-0.39, 0.29) is 11.7 Å². The SMILES string of the molecule is CO[C@H](CC/C=C/C(=O)Nc1ccccc1N)[C@H](OC(=O)Nc1cccc2ccccc12)c1cc(I)ccc1O. The number of amides is 2. The highest BCUT2D eigenvalue weighted by atomic mass is 127. The topological polar surface area (TPSA) is 123 Å². The molecule has 4 rings (SSSR count). The third-order valence-electron chi connectivity index (χ3n) is 6.30. The van der Waals surface area contributed by atoms with Crippen LogP contribution in [-0.2, 0) is 14.3 Å². The number of phenolic OH excluding ortho intramolecular Hbond substituents is 1. The number of hydrogen-bond donors (Lipinski definition) is 4. The fourth-order valence-electron chi connectivity index (χ4n) is 4.31. The van der Waals surface area contributed by atoms with Gasteiger partial charge in [0.15, 0.2) is 6.10 Å². The van der Waals surface area contributed by atoms with E-state index in [9.17, 15) is 14.7 Å². The number of carbonyl (C=O) groups is 2. The highest BCUT2D eigenvalue weighted by Gasteiger charge is 2.29. The van der Waals surface area contributed by atoms with Gasteiger partial charge in [-0.3, -0.25) is 10.1 Å². The van der Waals surface area contributed by atoms with Gasteiger partial charge in [0.1, 0.15) is 5.75 Å². The average Bonchev–Trinajstić information content (AvgIpc) is 2.95. The van der Waals surface area contributed by atoms with Crippen molar-refractivity contribution < 1.29 is 24.2 Å². The number of nitrogens with two attached hydrogens (primary N) is 1. The van der Waals surface area contributed by atoms with Crippen molar-refractivity contribution in [2.75, 3.05) is 23.5 Å². The van der Waals surface area contributed by atoms with E-state index in [0.717, 1.165) is 14.3 Å². The molecular formula is C31H30IN3O5. The molecule has 40 heavy (non-hydrogen) atoms. The first kappa shape index (κ1) is 28.9. The van der Waals surface area contributed by atoms with Crippen molar-refractivity contribution in [3.05, 3.63) is 106 Å². The standard InChI is InChI=1S/C31H30IN3O5/c1-39-28(15-6-7-16-29(37)34-26-13-5-4-12-24(26)33)30(23-19-21(32)17-18-27(23)36)40-31(38)35-25-14-8-10-20-9-2-3-11-22(20)25/h2-5,7-14,16-19,28,30,36H,6,15,33H2,1H3,(H,34,37)(H,35,38)/b16-7+/t28-,30-/m1/s1. The van der Waals surface area contributed by atoms with Crippen molar-refractivity contribution in [3.8, 4) is 5.75 Å². The Hall–Kier alpha value is -4.09. The van der Waals surface area contributed by atoms with Gasteiger partial charge in [-0.05, 0) is 83.3 Å². The molecule has 0 saturated heterocycles. The zero-order valence-electron chi connectivity index (χ0n) is 21.8. The van der Waals surface area contributed by atoms with Gasteiger partial charge in [0.2, 0.25) is 5.91 Å². The Labute approximate surface area is 246 Å². The van der Waals surface area contributed by atoms with Gasteiger partial charge >= 0.3 is 6.09 Å². The normalized spacial score (nSPS) is 12.7. The Morgan fingerprint density at radius 1 is 0.975 bits per heavy atom. The minimum Gasteiger partial charge on any atom is -0.508 e. The molecule has 0 heterocycles. The second-order valence-corrected chi connectivity index (χ2v) is 10.3. The quantitative estimate of drug-likeness (QED) is 0.0832. The number of ether oxygens (including phenoxy) is 2. The van der Waals surface area contributed by atoms with Crippen molar-refractivity contribution in [1.82, 2.24) is 0 Å². The summed E-state index contributed by atoms with van der Waals surface area (Å²) in [7, 11) is 1.52. The number of para-hydroxylation sites is 2. The first-order chi connectivity index (χ1) is 19.4. The van der Waals surface area contributed by atoms with Crippen LogP contribution in [-0.4, -0.2) is 30.3 Å². The minimum absolute atomic E-state index is 0.0132. The highest BCUT2D eigenvalue weighted by molar-refractivity contribution is 14.1. The molecular weight excluding hydrogens is 621 g/mol. The number of allylic oxidation sites excluding steroid dienone is 1. The van der Waals surface area contributed by atoms with E-state index in [1.165, 1.54) is 13.2 Å². The summed E-state index contributed by atoms with van der Waals surface area (Å²) in [5.74, 6) is -0.329. The zero-order valence-corrected chi connectivity index (χ0v) is 24.0. The van der Waals surface area contributed by atoms with E-state index in [2.05, 4.69) is 33.2 Å². The maximum Gasteiger partial charge on any atom is 0.412 e. The monoisotopic (exact) mass is 651 g/mol. The molecule has 0 aliphatic heterocycles. The lowest BCUT2D eigenvalue weighted by Crippen LogP contribution is -2.28. The molecule has 0 aromatic heterocycles. The number of benzene rings is 4. The van der Waals surface area contributed by atoms with E-state index in [0.29, 0.717) is 35.5 Å². The van der Waals surface area contributed by atoms with E-state index in [4.69, 9.17) is 15.2 Å². The van der Waals surface area contributed by atoms with Crippen LogP contribution in [0.4, 0.5) is 21.9 Å². The van der Waals surface area contributed by atoms with Gasteiger partial charge in [-0.25, -0.2) is 4.79 Å². The van der Waals surface area contributed by atoms with Crippen LogP contribution in [0.3, 0.4) is 0 Å². The molecule has 0 unspecified atom stereocenters. The molecule has 9 heteroatoms. The summed E-state index contributed by atoms with van der Waals surface area (Å²) in [4.78, 5) is 25.5. The largest absolute Gasteiger partial charge is 0.508 e. The van der Waals surface area contributed by atoms with Crippen LogP contribution in [0.25, 0.3) is 10.8 Å². The summed E-state index contributed by atoms with van der Waals surface area (Å²) >= 11 is 2.13. The highest BCUT2D eigenvalue weighted by Crippen LogP contribution is 2.34. The van der Waals surface area contributed by atoms with Crippen molar-refractivity contribution in [1.29, 1.82) is 0 Å². The van der Waals surface area contributed by atoms with Gasteiger partial charge in [0, 0.05) is 21.6 Å². The summed E-state index contributed by atoms with van der Waals surface area (Å²) < 4.78 is 12.5. The van der Waals surface area contributed by atoms with Crippen LogP contribution in [0.1, 0.15) is 24.5 Å². The molecule has 0 bridgehead atoms. The van der Waals surface area contributed by atoms with Crippen LogP contribution in [0.15, 0.2) is 97.1 Å². The molecule has 8 nitrogen and oxygen atoms in total. The van der Waals surface area contributed by atoms with Gasteiger partial charge in [-0.1, -0.05) is 54.6 Å². The van der Waals surface area contributed by atoms with E-state index in [1.54, 1.807) is 54.6 Å². The minimum atomic E-state index is -0.916. The fourth-order valence-corrected chi connectivity index (χ4v) is 4.83. The molecule has 206 valence electrons. The van der Waals surface area contributed by atoms with Crippen LogP contribution < -0.4 is 16.4 Å². The average molecular weight is 652 g/mol. The van der Waals surface area contributed by atoms with Crippen LogP contribution >= 0.6 is 22.6 Å². The lowest BCUT2D eigenvalue weighted by molar-refractivity contribution is -0.111. The Morgan fingerprint density at radius 3 is 2.50 bits per heavy atom. The van der Waals surface area contributed by atoms with Crippen molar-refractivity contribution >= 4 is 62.4 Å². The van der Waals surface area contributed by atoms with E-state index >= 15 is 0 Å². The third-order valence-corrected chi connectivity index (χ3v) is 6.97. The molecule has 0 saturated carbocycles. The smallest absolute Gasteiger partial charge is 0.412 e. The van der Waals surface area contributed by atoms with Gasteiger partial charge in [0.05, 0.1) is 23.2 Å². The van der Waals surface area contributed by atoms with Crippen molar-refractivity contribution in [2.24, 2.45) is 0 Å². The number of phenols is 1. The number of carbonyl (C=O) groups excluding carboxylic acids is 2. The summed E-state index contributed by atoms with van der Waals surface area (Å²) in [6.07, 6.45) is 1.78. The number of fused-ring (bicyclic) bond motifs is 1. The molecule has 0 fully saturated rings. The van der Waals surface area contributed by atoms with Gasteiger partial charge in [-0.2, -0.15) is 0 Å². The lowest BCUT2D eigenvalue weighted by atomic mass is 9.99. The summed E-state index contributed by atoms with van der Waals surface area (Å²) in [6, 6.07) is 25.4. The van der Waals surface area contributed by atoms with Crippen molar-refractivity contribution in [3.63, 3.8) is 0 Å². The first-order valence-corrected chi connectivity index (χ1v) is 13.7. The molecule has 5 N–H and O–H groups in total. The second kappa shape index (κ2) is 13.8. The molecule has 0 aliphatic carbocycles. The number of halogens is 1. The number of methoxy groups -OCH3 is 1. The van der Waals surface area contributed by atoms with E-state index < -0.39 is 18.3 Å². The number of nitrogens with one attached hydrogen (secondary N) is 2. The molecule has 4 aromatic rings. The summed E-state index contributed by atoms with van der Waals surface area (Å²) in [5, 5.41) is 18.1. The predicted octanol–water partition coefficient (Wildman–Crippen LogP) is 7.01. The van der Waals surface area contributed by atoms with Gasteiger partial charge in [0.25, 0.3) is 0 Å². The van der Waals surface area contributed by atoms with Crippen LogP contribution in [0, 0.1) is 3.57 Å². The Morgan fingerprint density at radius 2 is 1.70 bits per heavy atom. The molecule has 4 aromatic carbocycles. The number of anilines is 3. The van der Waals surface area contributed by atoms with Crippen molar-refractivity contribution in [2.45, 2.75) is 25.0 Å². The Kier molecular flexibility index (Phi) is 9.98. The molecule has 2 amide bonds. The summed E-state index contributed by atoms with van der Waals surface area (Å²) in [6.45, 7) is 0. The number of hydrogen-bond acceptors (Lipinski definition) is 6. The first-order valence-electron chi connectivity index (χ1n) is 12.6. The van der Waals surface area contributed by atoms with Crippen LogP contribution in [0.5, 0.6) is 5.75 Å². The summed E-state index contributed by atoms with van der Waals surface area (Å²) in [5.41, 5.74) is 7.93. The van der Waals surface area contributed by atoms with Gasteiger partial charge in [-0.15, -0.1) is 0 Å². The lowest BCUT2D eigenvalue weighted by Gasteiger charge is -2.27.